The number of likely N-dealkylation sites (tertiary alicyclic amines) is 2. The lowest BCUT2D eigenvalue weighted by molar-refractivity contribution is -0.131. The van der Waals surface area contributed by atoms with E-state index in [1.807, 2.05) is 4.90 Å². The number of amides is 1. The summed E-state index contributed by atoms with van der Waals surface area (Å²) in [5, 5.41) is 4.06. The van der Waals surface area contributed by atoms with E-state index in [2.05, 4.69) is 10.00 Å². The average molecular weight is 263 g/mol. The summed E-state index contributed by atoms with van der Waals surface area (Å²) in [6, 6.07) is 0.564. The number of carbonyl (C=O) groups is 1. The summed E-state index contributed by atoms with van der Waals surface area (Å²) in [7, 11) is 0. The van der Waals surface area contributed by atoms with Crippen molar-refractivity contribution in [3.05, 3.63) is 12.4 Å². The van der Waals surface area contributed by atoms with Gasteiger partial charge in [-0.1, -0.05) is 0 Å². The lowest BCUT2D eigenvalue weighted by atomic mass is 10.2. The molecule has 1 atom stereocenters. The average Bonchev–Trinajstić information content (AvgIpc) is 3.08. The number of hydrogen-bond donors (Lipinski definition) is 1. The van der Waals surface area contributed by atoms with Crippen molar-refractivity contribution in [1.82, 2.24) is 19.6 Å². The van der Waals surface area contributed by atoms with Crippen LogP contribution in [0, 0.1) is 0 Å². The van der Waals surface area contributed by atoms with Gasteiger partial charge in [0.05, 0.1) is 11.9 Å². The van der Waals surface area contributed by atoms with E-state index in [1.165, 1.54) is 25.9 Å². The number of anilines is 1. The molecule has 6 heteroatoms. The predicted octanol–water partition coefficient (Wildman–Crippen LogP) is 0.162. The second kappa shape index (κ2) is 5.21. The van der Waals surface area contributed by atoms with Crippen molar-refractivity contribution < 1.29 is 4.79 Å². The molecule has 0 aromatic carbocycles. The molecule has 2 aliphatic heterocycles. The Morgan fingerprint density at radius 2 is 2.16 bits per heavy atom. The molecule has 0 aliphatic carbocycles. The minimum absolute atomic E-state index is 0.143. The molecule has 2 aliphatic rings. The number of aromatic nitrogens is 2. The number of nitrogen functional groups attached to an aromatic ring is 1. The standard InChI is InChI=1S/C13H21N5O/c14-11-7-15-18(8-11)10-13(19)17-6-3-12(9-17)16-4-1-2-5-16/h7-8,12H,1-6,9-10,14H2. The minimum Gasteiger partial charge on any atom is -0.396 e. The maximum absolute atomic E-state index is 12.2. The Morgan fingerprint density at radius 3 is 2.84 bits per heavy atom. The first-order chi connectivity index (χ1) is 9.22. The molecule has 6 nitrogen and oxygen atoms in total. The van der Waals surface area contributed by atoms with Crippen molar-refractivity contribution >= 4 is 11.6 Å². The fraction of sp³-hybridized carbons (Fsp3) is 0.692. The zero-order valence-corrected chi connectivity index (χ0v) is 11.2. The topological polar surface area (TPSA) is 67.4 Å². The Labute approximate surface area is 113 Å². The highest BCUT2D eigenvalue weighted by Crippen LogP contribution is 2.20. The van der Waals surface area contributed by atoms with Crippen LogP contribution in [0.1, 0.15) is 19.3 Å². The van der Waals surface area contributed by atoms with Gasteiger partial charge in [0.1, 0.15) is 6.54 Å². The highest BCUT2D eigenvalue weighted by molar-refractivity contribution is 5.76. The number of rotatable bonds is 3. The first-order valence-corrected chi connectivity index (χ1v) is 7.02. The van der Waals surface area contributed by atoms with Crippen LogP contribution in [-0.4, -0.2) is 57.7 Å². The van der Waals surface area contributed by atoms with Crippen molar-refractivity contribution in [3.63, 3.8) is 0 Å². The van der Waals surface area contributed by atoms with Crippen LogP contribution in [0.3, 0.4) is 0 Å². The first kappa shape index (κ1) is 12.5. The smallest absolute Gasteiger partial charge is 0.244 e. The van der Waals surface area contributed by atoms with Crippen LogP contribution in [0.15, 0.2) is 12.4 Å². The van der Waals surface area contributed by atoms with Gasteiger partial charge in [-0.25, -0.2) is 0 Å². The van der Waals surface area contributed by atoms with E-state index in [4.69, 9.17) is 5.73 Å². The number of carbonyl (C=O) groups excluding carboxylic acids is 1. The normalized spacial score (nSPS) is 24.2. The molecule has 2 N–H and O–H groups in total. The van der Waals surface area contributed by atoms with E-state index in [9.17, 15) is 4.79 Å². The number of nitrogens with two attached hydrogens (primary N) is 1. The molecule has 104 valence electrons. The summed E-state index contributed by atoms with van der Waals surface area (Å²) in [5.74, 6) is 0.143. The summed E-state index contributed by atoms with van der Waals surface area (Å²) >= 11 is 0. The van der Waals surface area contributed by atoms with E-state index in [0.29, 0.717) is 18.3 Å². The third-order valence-electron chi connectivity index (χ3n) is 4.12. The fourth-order valence-electron chi connectivity index (χ4n) is 3.08. The van der Waals surface area contributed by atoms with Crippen LogP contribution in [0.2, 0.25) is 0 Å². The molecule has 0 bridgehead atoms. The maximum atomic E-state index is 12.2. The Morgan fingerprint density at radius 1 is 1.37 bits per heavy atom. The molecule has 19 heavy (non-hydrogen) atoms. The van der Waals surface area contributed by atoms with E-state index in [0.717, 1.165) is 19.5 Å². The van der Waals surface area contributed by atoms with Crippen molar-refractivity contribution in [3.8, 4) is 0 Å². The van der Waals surface area contributed by atoms with Crippen LogP contribution < -0.4 is 5.73 Å². The summed E-state index contributed by atoms with van der Waals surface area (Å²) < 4.78 is 1.61. The van der Waals surface area contributed by atoms with Crippen molar-refractivity contribution in [1.29, 1.82) is 0 Å². The quantitative estimate of drug-likeness (QED) is 0.843. The Kier molecular flexibility index (Phi) is 3.42. The molecule has 0 spiro atoms. The van der Waals surface area contributed by atoms with Crippen LogP contribution >= 0.6 is 0 Å². The summed E-state index contributed by atoms with van der Waals surface area (Å²) in [6.45, 7) is 4.43. The molecule has 0 saturated carbocycles. The third kappa shape index (κ3) is 2.73. The van der Waals surface area contributed by atoms with Crippen molar-refractivity contribution in [2.24, 2.45) is 0 Å². The van der Waals surface area contributed by atoms with E-state index >= 15 is 0 Å². The first-order valence-electron chi connectivity index (χ1n) is 7.02. The van der Waals surface area contributed by atoms with Gasteiger partial charge in [0.2, 0.25) is 5.91 Å². The zero-order valence-electron chi connectivity index (χ0n) is 11.2. The molecule has 1 aromatic rings. The summed E-state index contributed by atoms with van der Waals surface area (Å²) in [5.41, 5.74) is 6.20. The fourth-order valence-corrected chi connectivity index (χ4v) is 3.08. The monoisotopic (exact) mass is 263 g/mol. The molecular formula is C13H21N5O. The zero-order chi connectivity index (χ0) is 13.2. The Balaban J connectivity index is 1.53. The van der Waals surface area contributed by atoms with Crippen LogP contribution in [-0.2, 0) is 11.3 Å². The van der Waals surface area contributed by atoms with E-state index in [-0.39, 0.29) is 5.91 Å². The lowest BCUT2D eigenvalue weighted by Gasteiger charge is -2.23. The van der Waals surface area contributed by atoms with Crippen LogP contribution in [0.5, 0.6) is 0 Å². The Hall–Kier alpha value is -1.56. The second-order valence-electron chi connectivity index (χ2n) is 5.50. The molecule has 1 aromatic heterocycles. The highest BCUT2D eigenvalue weighted by atomic mass is 16.2. The van der Waals surface area contributed by atoms with Gasteiger partial charge in [-0.3, -0.25) is 14.4 Å². The number of hydrogen-bond acceptors (Lipinski definition) is 4. The third-order valence-corrected chi connectivity index (χ3v) is 4.12. The van der Waals surface area contributed by atoms with E-state index < -0.39 is 0 Å². The molecule has 2 saturated heterocycles. The molecule has 1 amide bonds. The molecular weight excluding hydrogens is 242 g/mol. The van der Waals surface area contributed by atoms with Crippen molar-refractivity contribution in [2.45, 2.75) is 31.8 Å². The molecule has 2 fully saturated rings. The lowest BCUT2D eigenvalue weighted by Crippen LogP contribution is -2.38. The largest absolute Gasteiger partial charge is 0.396 e. The van der Waals surface area contributed by atoms with Gasteiger partial charge in [0.25, 0.3) is 0 Å². The predicted molar refractivity (Wildman–Crippen MR) is 72.4 cm³/mol. The number of nitrogens with zero attached hydrogens (tertiary/aromatic N) is 4. The SMILES string of the molecule is Nc1cnn(CC(=O)N2CCC(N3CCCC3)C2)c1. The summed E-state index contributed by atoms with van der Waals surface area (Å²) in [6.07, 6.45) is 6.98. The summed E-state index contributed by atoms with van der Waals surface area (Å²) in [4.78, 5) is 16.7. The van der Waals surface area contributed by atoms with Crippen molar-refractivity contribution in [2.75, 3.05) is 31.9 Å². The van der Waals surface area contributed by atoms with Gasteiger partial charge in [0.15, 0.2) is 0 Å². The highest BCUT2D eigenvalue weighted by Gasteiger charge is 2.31. The molecule has 1 unspecified atom stereocenters. The van der Waals surface area contributed by atoms with E-state index in [1.54, 1.807) is 17.1 Å². The van der Waals surface area contributed by atoms with Gasteiger partial charge < -0.3 is 10.6 Å². The van der Waals surface area contributed by atoms with Gasteiger partial charge >= 0.3 is 0 Å². The molecule has 3 heterocycles. The van der Waals surface area contributed by atoms with Gasteiger partial charge in [-0.15, -0.1) is 0 Å². The minimum atomic E-state index is 0.143. The van der Waals surface area contributed by atoms with Crippen LogP contribution in [0.4, 0.5) is 5.69 Å². The van der Waals surface area contributed by atoms with Gasteiger partial charge in [0, 0.05) is 25.3 Å². The van der Waals surface area contributed by atoms with Gasteiger partial charge in [-0.05, 0) is 32.4 Å². The Bertz CT molecular complexity index is 452. The second-order valence-corrected chi connectivity index (χ2v) is 5.50. The van der Waals surface area contributed by atoms with Crippen LogP contribution in [0.25, 0.3) is 0 Å². The maximum Gasteiger partial charge on any atom is 0.244 e. The molecule has 0 radical (unpaired) electrons. The van der Waals surface area contributed by atoms with Gasteiger partial charge in [-0.2, -0.15) is 5.10 Å². The molecule has 3 rings (SSSR count).